The van der Waals surface area contributed by atoms with Gasteiger partial charge in [0.05, 0.1) is 18.3 Å². The van der Waals surface area contributed by atoms with Crippen molar-refractivity contribution in [3.8, 4) is 5.75 Å². The molecule has 1 atom stereocenters. The van der Waals surface area contributed by atoms with Gasteiger partial charge in [-0.15, -0.1) is 0 Å². The minimum Gasteiger partial charge on any atom is -0.495 e. The first kappa shape index (κ1) is 20.2. The van der Waals surface area contributed by atoms with E-state index in [0.29, 0.717) is 27.9 Å². The zero-order chi connectivity index (χ0) is 21.8. The summed E-state index contributed by atoms with van der Waals surface area (Å²) < 4.78 is 11.0. The van der Waals surface area contributed by atoms with Crippen LogP contribution in [0.4, 0.5) is 5.69 Å². The Balaban J connectivity index is 1.64. The van der Waals surface area contributed by atoms with Gasteiger partial charge in [0.1, 0.15) is 5.75 Å². The number of aromatic amines is 1. The molecule has 0 spiro atoms. The third-order valence-corrected chi connectivity index (χ3v) is 4.84. The number of nitrogens with zero attached hydrogens (tertiary/aromatic N) is 1. The average molecular weight is 415 g/mol. The van der Waals surface area contributed by atoms with Gasteiger partial charge in [0, 0.05) is 10.9 Å². The van der Waals surface area contributed by atoms with Crippen LogP contribution in [0.3, 0.4) is 0 Å². The maximum Gasteiger partial charge on any atom is 0.360 e. The van der Waals surface area contributed by atoms with Crippen molar-refractivity contribution in [2.24, 2.45) is 0 Å². The normalized spacial score (nSPS) is 11.7. The molecule has 0 radical (unpaired) electrons. The quantitative estimate of drug-likeness (QED) is 0.455. The summed E-state index contributed by atoms with van der Waals surface area (Å²) in [6, 6.07) is 21.5. The predicted molar refractivity (Wildman–Crippen MR) is 117 cm³/mol. The van der Waals surface area contributed by atoms with E-state index < -0.39 is 18.0 Å². The zero-order valence-corrected chi connectivity index (χ0v) is 17.1. The van der Waals surface area contributed by atoms with Gasteiger partial charge in [-0.05, 0) is 30.7 Å². The molecule has 7 heteroatoms. The molecular weight excluding hydrogens is 394 g/mol. The molecule has 1 heterocycles. The number of hydrogen-bond donors (Lipinski definition) is 2. The average Bonchev–Trinajstić information content (AvgIpc) is 3.22. The number of aryl methyl sites for hydroxylation is 1. The van der Waals surface area contributed by atoms with Crippen LogP contribution in [0.15, 0.2) is 72.8 Å². The van der Waals surface area contributed by atoms with Gasteiger partial charge in [-0.3, -0.25) is 9.89 Å². The molecule has 0 fully saturated rings. The van der Waals surface area contributed by atoms with E-state index in [-0.39, 0.29) is 5.69 Å². The van der Waals surface area contributed by atoms with Crippen LogP contribution < -0.4 is 10.1 Å². The molecule has 0 aliphatic carbocycles. The maximum absolute atomic E-state index is 13.2. The lowest BCUT2D eigenvalue weighted by atomic mass is 10.1. The Hall–Kier alpha value is -4.13. The molecule has 7 nitrogen and oxygen atoms in total. The number of H-pyrrole nitrogens is 1. The lowest BCUT2D eigenvalue weighted by Crippen LogP contribution is -2.26. The number of amides is 1. The second-order valence-corrected chi connectivity index (χ2v) is 7.01. The molecule has 0 saturated carbocycles. The SMILES string of the molecule is COc1ccc(C)cc1NC(=O)C(OC(=O)c1n[nH]c2ccccc12)c1ccccc1. The number of anilines is 1. The van der Waals surface area contributed by atoms with Crippen molar-refractivity contribution >= 4 is 28.5 Å². The van der Waals surface area contributed by atoms with Crippen molar-refractivity contribution < 1.29 is 19.1 Å². The second-order valence-electron chi connectivity index (χ2n) is 7.01. The van der Waals surface area contributed by atoms with Crippen molar-refractivity contribution in [1.82, 2.24) is 10.2 Å². The summed E-state index contributed by atoms with van der Waals surface area (Å²) >= 11 is 0. The van der Waals surface area contributed by atoms with Gasteiger partial charge in [0.2, 0.25) is 6.10 Å². The number of benzene rings is 3. The summed E-state index contributed by atoms with van der Waals surface area (Å²) in [6.07, 6.45) is -1.17. The van der Waals surface area contributed by atoms with E-state index in [1.807, 2.05) is 31.2 Å². The number of esters is 1. The van der Waals surface area contributed by atoms with Gasteiger partial charge in [-0.25, -0.2) is 4.79 Å². The number of para-hydroxylation sites is 1. The molecule has 0 saturated heterocycles. The molecule has 0 aliphatic rings. The smallest absolute Gasteiger partial charge is 0.360 e. The number of nitrogens with one attached hydrogen (secondary N) is 2. The van der Waals surface area contributed by atoms with Crippen LogP contribution in [0.25, 0.3) is 10.9 Å². The number of carbonyl (C=O) groups is 2. The highest BCUT2D eigenvalue weighted by atomic mass is 16.5. The van der Waals surface area contributed by atoms with Crippen LogP contribution in [-0.4, -0.2) is 29.2 Å². The molecule has 1 aromatic heterocycles. The van der Waals surface area contributed by atoms with Gasteiger partial charge >= 0.3 is 5.97 Å². The number of fused-ring (bicyclic) bond motifs is 1. The first-order valence-corrected chi connectivity index (χ1v) is 9.71. The highest BCUT2D eigenvalue weighted by molar-refractivity contribution is 6.04. The van der Waals surface area contributed by atoms with Crippen LogP contribution in [0.5, 0.6) is 5.75 Å². The van der Waals surface area contributed by atoms with E-state index in [1.54, 1.807) is 48.5 Å². The van der Waals surface area contributed by atoms with E-state index >= 15 is 0 Å². The fourth-order valence-electron chi connectivity index (χ4n) is 3.30. The van der Waals surface area contributed by atoms with E-state index in [2.05, 4.69) is 15.5 Å². The molecule has 1 amide bonds. The monoisotopic (exact) mass is 415 g/mol. The lowest BCUT2D eigenvalue weighted by Gasteiger charge is -2.19. The topological polar surface area (TPSA) is 93.3 Å². The van der Waals surface area contributed by atoms with Crippen LogP contribution in [0.2, 0.25) is 0 Å². The molecule has 3 aromatic carbocycles. The first-order chi connectivity index (χ1) is 15.1. The van der Waals surface area contributed by atoms with Gasteiger partial charge in [-0.2, -0.15) is 5.10 Å². The Morgan fingerprint density at radius 3 is 2.52 bits per heavy atom. The van der Waals surface area contributed by atoms with Crippen LogP contribution in [0, 0.1) is 6.92 Å². The molecule has 1 unspecified atom stereocenters. The number of aromatic nitrogens is 2. The summed E-state index contributed by atoms with van der Waals surface area (Å²) in [4.78, 5) is 26.1. The maximum atomic E-state index is 13.2. The number of carbonyl (C=O) groups excluding carboxylic acids is 2. The Labute approximate surface area is 179 Å². The van der Waals surface area contributed by atoms with E-state index in [9.17, 15) is 9.59 Å². The van der Waals surface area contributed by atoms with Gasteiger partial charge < -0.3 is 14.8 Å². The molecule has 2 N–H and O–H groups in total. The number of hydrogen-bond acceptors (Lipinski definition) is 5. The number of ether oxygens (including phenoxy) is 2. The van der Waals surface area contributed by atoms with Crippen molar-refractivity contribution in [1.29, 1.82) is 0 Å². The summed E-state index contributed by atoms with van der Waals surface area (Å²) in [6.45, 7) is 1.91. The van der Waals surface area contributed by atoms with Crippen molar-refractivity contribution in [3.05, 3.63) is 89.6 Å². The largest absolute Gasteiger partial charge is 0.495 e. The Morgan fingerprint density at radius 2 is 1.74 bits per heavy atom. The molecule has 156 valence electrons. The summed E-state index contributed by atoms with van der Waals surface area (Å²) in [5.74, 6) is -0.684. The minimum atomic E-state index is -1.17. The summed E-state index contributed by atoms with van der Waals surface area (Å²) in [5, 5.41) is 10.3. The number of rotatable bonds is 6. The van der Waals surface area contributed by atoms with E-state index in [0.717, 1.165) is 5.56 Å². The lowest BCUT2D eigenvalue weighted by molar-refractivity contribution is -0.125. The second kappa shape index (κ2) is 8.71. The predicted octanol–water partition coefficient (Wildman–Crippen LogP) is 4.42. The Kier molecular flexibility index (Phi) is 5.66. The Bertz CT molecular complexity index is 1230. The Morgan fingerprint density at radius 1 is 1.00 bits per heavy atom. The van der Waals surface area contributed by atoms with Gasteiger partial charge in [-0.1, -0.05) is 54.6 Å². The fourth-order valence-corrected chi connectivity index (χ4v) is 3.30. The highest BCUT2D eigenvalue weighted by Gasteiger charge is 2.28. The van der Waals surface area contributed by atoms with E-state index in [1.165, 1.54) is 7.11 Å². The molecule has 4 rings (SSSR count). The van der Waals surface area contributed by atoms with Crippen molar-refractivity contribution in [3.63, 3.8) is 0 Å². The summed E-state index contributed by atoms with van der Waals surface area (Å²) in [7, 11) is 1.53. The third kappa shape index (κ3) is 4.25. The standard InChI is InChI=1S/C24H21N3O4/c1-15-12-13-20(30-2)19(14-15)25-23(28)22(16-8-4-3-5-9-16)31-24(29)21-17-10-6-7-11-18(17)26-27-21/h3-14,22H,1-2H3,(H,25,28)(H,26,27). The van der Waals surface area contributed by atoms with Crippen LogP contribution in [0.1, 0.15) is 27.7 Å². The van der Waals surface area contributed by atoms with Crippen molar-refractivity contribution in [2.45, 2.75) is 13.0 Å². The van der Waals surface area contributed by atoms with Crippen LogP contribution >= 0.6 is 0 Å². The molecule has 4 aromatic rings. The number of methoxy groups -OCH3 is 1. The third-order valence-electron chi connectivity index (χ3n) is 4.84. The molecule has 0 aliphatic heterocycles. The highest BCUT2D eigenvalue weighted by Crippen LogP contribution is 2.28. The zero-order valence-electron chi connectivity index (χ0n) is 17.1. The molecular formula is C24H21N3O4. The van der Waals surface area contributed by atoms with Gasteiger partial charge in [0.25, 0.3) is 5.91 Å². The minimum absolute atomic E-state index is 0.123. The van der Waals surface area contributed by atoms with Crippen LogP contribution in [-0.2, 0) is 9.53 Å². The molecule has 31 heavy (non-hydrogen) atoms. The van der Waals surface area contributed by atoms with Crippen molar-refractivity contribution in [2.75, 3.05) is 12.4 Å². The van der Waals surface area contributed by atoms with Gasteiger partial charge in [0.15, 0.2) is 5.69 Å². The van der Waals surface area contributed by atoms with E-state index in [4.69, 9.17) is 9.47 Å². The summed E-state index contributed by atoms with van der Waals surface area (Å²) in [5.41, 5.74) is 2.82. The first-order valence-electron chi connectivity index (χ1n) is 9.71. The molecule has 0 bridgehead atoms. The fraction of sp³-hybridized carbons (Fsp3) is 0.125.